The van der Waals surface area contributed by atoms with Gasteiger partial charge in [0.05, 0.1) is 6.61 Å². The molecule has 1 aliphatic carbocycles. The average Bonchev–Trinajstić information content (AvgIpc) is 3.27. The number of para-hydroxylation sites is 1. The van der Waals surface area contributed by atoms with Crippen molar-refractivity contribution in [1.29, 1.82) is 0 Å². The minimum Gasteiger partial charge on any atom is -0.508 e. The van der Waals surface area contributed by atoms with Gasteiger partial charge in [0, 0.05) is 11.0 Å². The second-order valence-corrected chi connectivity index (χ2v) is 5.58. The molecule has 2 aromatic rings. The van der Waals surface area contributed by atoms with Crippen molar-refractivity contribution in [3.05, 3.63) is 59.7 Å². The van der Waals surface area contributed by atoms with E-state index >= 15 is 0 Å². The highest BCUT2D eigenvalue weighted by Crippen LogP contribution is 2.51. The van der Waals surface area contributed by atoms with Gasteiger partial charge in [-0.3, -0.25) is 0 Å². The van der Waals surface area contributed by atoms with Crippen LogP contribution in [-0.2, 0) is 11.8 Å². The summed E-state index contributed by atoms with van der Waals surface area (Å²) in [6.07, 6.45) is 3.21. The highest BCUT2D eigenvalue weighted by molar-refractivity contribution is 5.42. The third-order valence-electron chi connectivity index (χ3n) is 4.18. The summed E-state index contributed by atoms with van der Waals surface area (Å²) in [7, 11) is 0. The Morgan fingerprint density at radius 3 is 2.35 bits per heavy atom. The summed E-state index contributed by atoms with van der Waals surface area (Å²) < 4.78 is 5.93. The van der Waals surface area contributed by atoms with E-state index in [2.05, 4.69) is 19.1 Å². The Balaban J connectivity index is 1.70. The predicted molar refractivity (Wildman–Crippen MR) is 80.3 cm³/mol. The van der Waals surface area contributed by atoms with E-state index in [0.717, 1.165) is 30.6 Å². The minimum atomic E-state index is 0.00870. The van der Waals surface area contributed by atoms with E-state index in [4.69, 9.17) is 4.74 Å². The molecule has 0 saturated heterocycles. The number of aromatic hydroxyl groups is 1. The third-order valence-corrected chi connectivity index (χ3v) is 4.18. The number of aryl methyl sites for hydroxylation is 1. The highest BCUT2D eigenvalue weighted by Gasteiger charge is 2.46. The fourth-order valence-corrected chi connectivity index (χ4v) is 2.61. The van der Waals surface area contributed by atoms with Gasteiger partial charge in [0.1, 0.15) is 11.5 Å². The van der Waals surface area contributed by atoms with Gasteiger partial charge in [-0.1, -0.05) is 37.3 Å². The first-order chi connectivity index (χ1) is 9.73. The van der Waals surface area contributed by atoms with E-state index in [-0.39, 0.29) is 5.41 Å². The summed E-state index contributed by atoms with van der Waals surface area (Å²) in [6.45, 7) is 2.78. The van der Waals surface area contributed by atoms with Crippen molar-refractivity contribution in [2.75, 3.05) is 6.61 Å². The SMILES string of the molecule is CCc1ccc(OCC2(c3ccccc3O)CC2)cc1. The molecule has 0 unspecified atom stereocenters. The quantitative estimate of drug-likeness (QED) is 0.886. The first-order valence-electron chi connectivity index (χ1n) is 7.24. The molecule has 0 atom stereocenters. The zero-order chi connectivity index (χ0) is 14.0. The number of benzene rings is 2. The van der Waals surface area contributed by atoms with Gasteiger partial charge in [-0.25, -0.2) is 0 Å². The average molecular weight is 268 g/mol. The summed E-state index contributed by atoms with van der Waals surface area (Å²) in [5.74, 6) is 1.29. The lowest BCUT2D eigenvalue weighted by molar-refractivity contribution is 0.274. The summed E-state index contributed by atoms with van der Waals surface area (Å²) in [4.78, 5) is 0. The van der Waals surface area contributed by atoms with Gasteiger partial charge < -0.3 is 9.84 Å². The van der Waals surface area contributed by atoms with Crippen LogP contribution < -0.4 is 4.74 Å². The van der Waals surface area contributed by atoms with Gasteiger partial charge >= 0.3 is 0 Å². The maximum absolute atomic E-state index is 10.00. The lowest BCUT2D eigenvalue weighted by Gasteiger charge is -2.18. The van der Waals surface area contributed by atoms with E-state index < -0.39 is 0 Å². The number of ether oxygens (including phenoxy) is 1. The molecular weight excluding hydrogens is 248 g/mol. The van der Waals surface area contributed by atoms with E-state index in [1.807, 2.05) is 30.3 Å². The summed E-state index contributed by atoms with van der Waals surface area (Å²) in [6, 6.07) is 15.9. The van der Waals surface area contributed by atoms with Crippen LogP contribution in [0.2, 0.25) is 0 Å². The van der Waals surface area contributed by atoms with Crippen LogP contribution in [0.25, 0.3) is 0 Å². The Bertz CT molecular complexity index is 583. The predicted octanol–water partition coefficient (Wildman–Crippen LogP) is 4.07. The summed E-state index contributed by atoms with van der Waals surface area (Å²) in [5.41, 5.74) is 2.35. The lowest BCUT2D eigenvalue weighted by atomic mass is 9.96. The van der Waals surface area contributed by atoms with E-state index in [1.165, 1.54) is 5.56 Å². The molecule has 2 heteroatoms. The van der Waals surface area contributed by atoms with Gasteiger partial charge in [0.15, 0.2) is 0 Å². The standard InChI is InChI=1S/C18H20O2/c1-2-14-7-9-15(10-8-14)20-13-18(11-12-18)16-5-3-4-6-17(16)19/h3-10,19H,2,11-13H2,1H3. The first kappa shape index (κ1) is 13.0. The van der Waals surface area contributed by atoms with Crippen LogP contribution in [0, 0.1) is 0 Å². The van der Waals surface area contributed by atoms with Crippen molar-refractivity contribution in [3.8, 4) is 11.5 Å². The molecule has 2 nitrogen and oxygen atoms in total. The molecule has 2 aromatic carbocycles. The van der Waals surface area contributed by atoms with E-state index in [9.17, 15) is 5.11 Å². The van der Waals surface area contributed by atoms with Gasteiger partial charge in [0.2, 0.25) is 0 Å². The maximum Gasteiger partial charge on any atom is 0.119 e. The maximum atomic E-state index is 10.00. The molecule has 0 aliphatic heterocycles. The fraction of sp³-hybridized carbons (Fsp3) is 0.333. The summed E-state index contributed by atoms with van der Waals surface area (Å²) in [5, 5.41) is 10.00. The van der Waals surface area contributed by atoms with Crippen LogP contribution in [0.5, 0.6) is 11.5 Å². The Labute approximate surface area is 120 Å². The molecule has 1 aliphatic rings. The number of rotatable bonds is 5. The first-order valence-corrected chi connectivity index (χ1v) is 7.24. The van der Waals surface area contributed by atoms with Crippen LogP contribution >= 0.6 is 0 Å². The molecule has 1 saturated carbocycles. The van der Waals surface area contributed by atoms with Crippen LogP contribution in [-0.4, -0.2) is 11.7 Å². The molecule has 1 N–H and O–H groups in total. The number of phenolic OH excluding ortho intramolecular Hbond substituents is 1. The van der Waals surface area contributed by atoms with Crippen LogP contribution in [0.3, 0.4) is 0 Å². The molecule has 0 spiro atoms. The number of hydrogen-bond donors (Lipinski definition) is 1. The van der Waals surface area contributed by atoms with Crippen molar-refractivity contribution in [2.45, 2.75) is 31.6 Å². The third kappa shape index (κ3) is 2.51. The Kier molecular flexibility index (Phi) is 3.39. The zero-order valence-electron chi connectivity index (χ0n) is 11.8. The minimum absolute atomic E-state index is 0.00870. The number of phenols is 1. The molecule has 0 amide bonds. The Hall–Kier alpha value is -1.96. The van der Waals surface area contributed by atoms with Crippen molar-refractivity contribution in [1.82, 2.24) is 0 Å². The van der Waals surface area contributed by atoms with Crippen molar-refractivity contribution >= 4 is 0 Å². The molecule has 3 rings (SSSR count). The number of hydrogen-bond acceptors (Lipinski definition) is 2. The van der Waals surface area contributed by atoms with E-state index in [0.29, 0.717) is 12.4 Å². The zero-order valence-corrected chi connectivity index (χ0v) is 11.8. The normalized spacial score (nSPS) is 15.8. The van der Waals surface area contributed by atoms with E-state index in [1.54, 1.807) is 6.07 Å². The van der Waals surface area contributed by atoms with Crippen LogP contribution in [0.1, 0.15) is 30.9 Å². The molecule has 0 radical (unpaired) electrons. The molecule has 20 heavy (non-hydrogen) atoms. The fourth-order valence-electron chi connectivity index (χ4n) is 2.61. The lowest BCUT2D eigenvalue weighted by Crippen LogP contribution is -2.17. The van der Waals surface area contributed by atoms with Gasteiger partial charge in [-0.2, -0.15) is 0 Å². The van der Waals surface area contributed by atoms with Crippen LogP contribution in [0.15, 0.2) is 48.5 Å². The summed E-state index contributed by atoms with van der Waals surface area (Å²) >= 11 is 0. The van der Waals surface area contributed by atoms with Gasteiger partial charge in [0.25, 0.3) is 0 Å². The molecule has 1 fully saturated rings. The Morgan fingerprint density at radius 2 is 1.75 bits per heavy atom. The molecule has 0 bridgehead atoms. The monoisotopic (exact) mass is 268 g/mol. The smallest absolute Gasteiger partial charge is 0.119 e. The largest absolute Gasteiger partial charge is 0.508 e. The molecule has 0 heterocycles. The molecular formula is C18H20O2. The molecule has 104 valence electrons. The highest BCUT2D eigenvalue weighted by atomic mass is 16.5. The van der Waals surface area contributed by atoms with Crippen molar-refractivity contribution < 1.29 is 9.84 Å². The topological polar surface area (TPSA) is 29.5 Å². The molecule has 0 aromatic heterocycles. The van der Waals surface area contributed by atoms with Gasteiger partial charge in [-0.15, -0.1) is 0 Å². The second kappa shape index (κ2) is 5.20. The second-order valence-electron chi connectivity index (χ2n) is 5.58. The Morgan fingerprint density at radius 1 is 1.05 bits per heavy atom. The van der Waals surface area contributed by atoms with Gasteiger partial charge in [-0.05, 0) is 43.0 Å². The van der Waals surface area contributed by atoms with Crippen molar-refractivity contribution in [2.24, 2.45) is 0 Å². The van der Waals surface area contributed by atoms with Crippen LogP contribution in [0.4, 0.5) is 0 Å². The van der Waals surface area contributed by atoms with Crippen molar-refractivity contribution in [3.63, 3.8) is 0 Å².